The van der Waals surface area contributed by atoms with Gasteiger partial charge in [-0.2, -0.15) is 0 Å². The first kappa shape index (κ1) is 19.2. The zero-order valence-corrected chi connectivity index (χ0v) is 15.0. The Kier molecular flexibility index (Phi) is 5.78. The Morgan fingerprint density at radius 1 is 0.964 bits per heavy atom. The molecule has 1 aliphatic heterocycles. The van der Waals surface area contributed by atoms with Gasteiger partial charge in [-0.25, -0.2) is 4.39 Å². The molecule has 0 spiro atoms. The highest BCUT2D eigenvalue weighted by Gasteiger charge is 2.25. The third-order valence-corrected chi connectivity index (χ3v) is 4.52. The van der Waals surface area contributed by atoms with Crippen LogP contribution in [0.25, 0.3) is 6.08 Å². The first-order valence-corrected chi connectivity index (χ1v) is 8.71. The van der Waals surface area contributed by atoms with Crippen molar-refractivity contribution in [3.8, 4) is 0 Å². The van der Waals surface area contributed by atoms with Gasteiger partial charge in [-0.05, 0) is 24.3 Å². The molecule has 1 fully saturated rings. The van der Waals surface area contributed by atoms with Gasteiger partial charge < -0.3 is 9.80 Å². The fraction of sp³-hybridized carbons (Fsp3) is 0.200. The molecule has 28 heavy (non-hydrogen) atoms. The van der Waals surface area contributed by atoms with Gasteiger partial charge in [-0.15, -0.1) is 0 Å². The number of nitro benzene ring substituents is 1. The average Bonchev–Trinajstić information content (AvgIpc) is 2.72. The van der Waals surface area contributed by atoms with Crippen LogP contribution in [-0.2, 0) is 4.79 Å². The van der Waals surface area contributed by atoms with Crippen LogP contribution in [0.3, 0.4) is 0 Å². The molecule has 1 heterocycles. The van der Waals surface area contributed by atoms with E-state index >= 15 is 0 Å². The number of hydrogen-bond acceptors (Lipinski definition) is 4. The van der Waals surface area contributed by atoms with Crippen LogP contribution in [0.5, 0.6) is 0 Å². The van der Waals surface area contributed by atoms with E-state index in [9.17, 15) is 24.1 Å². The van der Waals surface area contributed by atoms with Crippen LogP contribution in [-0.4, -0.2) is 52.7 Å². The number of halogens is 1. The van der Waals surface area contributed by atoms with Crippen molar-refractivity contribution in [1.82, 2.24) is 9.80 Å². The second-order valence-corrected chi connectivity index (χ2v) is 6.25. The van der Waals surface area contributed by atoms with Gasteiger partial charge in [0.2, 0.25) is 5.91 Å². The van der Waals surface area contributed by atoms with Crippen LogP contribution in [0.15, 0.2) is 54.6 Å². The van der Waals surface area contributed by atoms with Crippen LogP contribution in [0.2, 0.25) is 0 Å². The van der Waals surface area contributed by atoms with Crippen molar-refractivity contribution in [3.63, 3.8) is 0 Å². The highest BCUT2D eigenvalue weighted by molar-refractivity contribution is 5.95. The monoisotopic (exact) mass is 383 g/mol. The number of para-hydroxylation sites is 1. The summed E-state index contributed by atoms with van der Waals surface area (Å²) in [6, 6.07) is 11.9. The highest BCUT2D eigenvalue weighted by atomic mass is 19.1. The summed E-state index contributed by atoms with van der Waals surface area (Å²) in [6.07, 6.45) is 2.70. The maximum absolute atomic E-state index is 13.8. The number of hydrogen-bond donors (Lipinski definition) is 0. The predicted octanol–water partition coefficient (Wildman–Crippen LogP) is 2.73. The van der Waals surface area contributed by atoms with Crippen LogP contribution < -0.4 is 0 Å². The number of piperazine rings is 1. The normalized spacial score (nSPS) is 14.3. The average molecular weight is 383 g/mol. The fourth-order valence-electron chi connectivity index (χ4n) is 3.00. The van der Waals surface area contributed by atoms with Gasteiger partial charge in [0.25, 0.3) is 11.6 Å². The van der Waals surface area contributed by atoms with Crippen LogP contribution in [0, 0.1) is 15.9 Å². The summed E-state index contributed by atoms with van der Waals surface area (Å²) in [4.78, 5) is 38.4. The molecule has 0 atom stereocenters. The summed E-state index contributed by atoms with van der Waals surface area (Å²) in [5.41, 5.74) is 0.277. The second-order valence-electron chi connectivity index (χ2n) is 6.25. The van der Waals surface area contributed by atoms with Crippen molar-refractivity contribution in [3.05, 3.63) is 81.7 Å². The minimum Gasteiger partial charge on any atom is -0.336 e. The number of nitrogens with zero attached hydrogens (tertiary/aromatic N) is 3. The van der Waals surface area contributed by atoms with Gasteiger partial charge in [-0.1, -0.05) is 24.3 Å². The van der Waals surface area contributed by atoms with Gasteiger partial charge in [0.15, 0.2) is 0 Å². The van der Waals surface area contributed by atoms with Gasteiger partial charge >= 0.3 is 0 Å². The summed E-state index contributed by atoms with van der Waals surface area (Å²) in [5.74, 6) is -1.27. The van der Waals surface area contributed by atoms with E-state index in [-0.39, 0.29) is 30.2 Å². The van der Waals surface area contributed by atoms with Gasteiger partial charge in [-0.3, -0.25) is 19.7 Å². The van der Waals surface area contributed by atoms with Crippen LogP contribution in [0.1, 0.15) is 15.9 Å². The number of amides is 2. The summed E-state index contributed by atoms with van der Waals surface area (Å²) >= 11 is 0. The Morgan fingerprint density at radius 2 is 1.57 bits per heavy atom. The molecule has 7 nitrogen and oxygen atoms in total. The molecule has 0 aliphatic carbocycles. The summed E-state index contributed by atoms with van der Waals surface area (Å²) in [6.45, 7) is 1.19. The Bertz CT molecular complexity index is 937. The zero-order valence-electron chi connectivity index (χ0n) is 15.0. The van der Waals surface area contributed by atoms with Crippen molar-refractivity contribution < 1.29 is 18.9 Å². The Labute approximate surface area is 160 Å². The summed E-state index contributed by atoms with van der Waals surface area (Å²) in [7, 11) is 0. The number of benzene rings is 2. The van der Waals surface area contributed by atoms with Crippen molar-refractivity contribution in [2.24, 2.45) is 0 Å². The highest BCUT2D eigenvalue weighted by Crippen LogP contribution is 2.19. The topological polar surface area (TPSA) is 83.8 Å². The lowest BCUT2D eigenvalue weighted by Gasteiger charge is -2.34. The van der Waals surface area contributed by atoms with Crippen molar-refractivity contribution in [1.29, 1.82) is 0 Å². The molecule has 0 saturated carbocycles. The molecular formula is C20H18FN3O4. The molecule has 2 aromatic rings. The molecule has 8 heteroatoms. The quantitative estimate of drug-likeness (QED) is 0.462. The first-order valence-electron chi connectivity index (χ1n) is 8.71. The molecule has 3 rings (SSSR count). The largest absolute Gasteiger partial charge is 0.336 e. The molecule has 2 aromatic carbocycles. The van der Waals surface area contributed by atoms with E-state index in [4.69, 9.17) is 0 Å². The van der Waals surface area contributed by atoms with E-state index in [2.05, 4.69) is 0 Å². The molecule has 0 radical (unpaired) electrons. The molecule has 1 saturated heterocycles. The molecular weight excluding hydrogens is 365 g/mol. The first-order chi connectivity index (χ1) is 13.5. The number of carbonyl (C=O) groups is 2. The van der Waals surface area contributed by atoms with Crippen LogP contribution >= 0.6 is 0 Å². The lowest BCUT2D eigenvalue weighted by Crippen LogP contribution is -2.50. The van der Waals surface area contributed by atoms with E-state index in [1.807, 2.05) is 0 Å². The van der Waals surface area contributed by atoms with E-state index in [1.165, 1.54) is 41.3 Å². The van der Waals surface area contributed by atoms with Gasteiger partial charge in [0.05, 0.1) is 16.1 Å². The predicted molar refractivity (Wildman–Crippen MR) is 101 cm³/mol. The molecule has 0 bridgehead atoms. The zero-order chi connectivity index (χ0) is 20.1. The third kappa shape index (κ3) is 4.22. The fourth-order valence-corrected chi connectivity index (χ4v) is 3.00. The van der Waals surface area contributed by atoms with Crippen LogP contribution in [0.4, 0.5) is 10.1 Å². The third-order valence-electron chi connectivity index (χ3n) is 4.52. The lowest BCUT2D eigenvalue weighted by atomic mass is 10.1. The Hall–Kier alpha value is -3.55. The Morgan fingerprint density at radius 3 is 2.25 bits per heavy atom. The Balaban J connectivity index is 1.61. The maximum atomic E-state index is 13.8. The minimum atomic E-state index is -0.571. The number of nitro groups is 1. The van der Waals surface area contributed by atoms with E-state index in [1.54, 1.807) is 29.2 Å². The van der Waals surface area contributed by atoms with E-state index in [0.29, 0.717) is 18.7 Å². The standard InChI is InChI=1S/C20H18FN3O4/c21-17-7-3-2-6-16(17)20(26)23-13-11-22(12-14-23)19(25)10-9-15-5-1-4-8-18(15)24(27)28/h1-10H,11-14H2/b10-9+. The second kappa shape index (κ2) is 8.43. The SMILES string of the molecule is O=C(/C=C/c1ccccc1[N+](=O)[O-])N1CCN(C(=O)c2ccccc2F)CC1. The number of carbonyl (C=O) groups excluding carboxylic acids is 2. The van der Waals surface area contributed by atoms with Gasteiger partial charge in [0.1, 0.15) is 5.82 Å². The lowest BCUT2D eigenvalue weighted by molar-refractivity contribution is -0.385. The number of rotatable bonds is 4. The van der Waals surface area contributed by atoms with Crippen molar-refractivity contribution in [2.45, 2.75) is 0 Å². The maximum Gasteiger partial charge on any atom is 0.276 e. The molecule has 0 N–H and O–H groups in total. The van der Waals surface area contributed by atoms with Crippen molar-refractivity contribution >= 4 is 23.6 Å². The van der Waals surface area contributed by atoms with E-state index in [0.717, 1.165) is 0 Å². The van der Waals surface area contributed by atoms with E-state index < -0.39 is 16.6 Å². The summed E-state index contributed by atoms with van der Waals surface area (Å²) in [5, 5.41) is 11.0. The molecule has 0 unspecified atom stereocenters. The molecule has 1 aliphatic rings. The molecule has 0 aromatic heterocycles. The summed E-state index contributed by atoms with van der Waals surface area (Å²) < 4.78 is 13.8. The smallest absolute Gasteiger partial charge is 0.276 e. The molecule has 2 amide bonds. The van der Waals surface area contributed by atoms with Crippen molar-refractivity contribution in [2.75, 3.05) is 26.2 Å². The molecule has 144 valence electrons. The minimum absolute atomic E-state index is 0.0126. The van der Waals surface area contributed by atoms with Gasteiger partial charge in [0, 0.05) is 38.3 Å².